The van der Waals surface area contributed by atoms with Crippen molar-refractivity contribution in [1.82, 2.24) is 24.8 Å². The summed E-state index contributed by atoms with van der Waals surface area (Å²) in [6.07, 6.45) is 6.69. The van der Waals surface area contributed by atoms with E-state index in [0.717, 1.165) is 22.5 Å². The number of carbonyl (C=O) groups excluding carboxylic acids is 1. The van der Waals surface area contributed by atoms with Crippen LogP contribution >= 0.6 is 0 Å². The lowest BCUT2D eigenvalue weighted by atomic mass is 10.1. The van der Waals surface area contributed by atoms with Gasteiger partial charge in [0.1, 0.15) is 11.2 Å². The molecule has 4 rings (SSSR count). The van der Waals surface area contributed by atoms with Crippen LogP contribution in [-0.2, 0) is 13.1 Å². The van der Waals surface area contributed by atoms with Crippen molar-refractivity contribution in [2.45, 2.75) is 26.9 Å². The minimum Gasteiger partial charge on any atom is -0.348 e. The second-order valence-electron chi connectivity index (χ2n) is 6.91. The van der Waals surface area contributed by atoms with E-state index < -0.39 is 5.91 Å². The zero-order chi connectivity index (χ0) is 21.1. The van der Waals surface area contributed by atoms with E-state index in [9.17, 15) is 9.59 Å². The highest BCUT2D eigenvalue weighted by Gasteiger charge is 2.16. The highest BCUT2D eigenvalue weighted by atomic mass is 16.2. The second-order valence-corrected chi connectivity index (χ2v) is 6.91. The Morgan fingerprint density at radius 3 is 2.67 bits per heavy atom. The molecular formula is C23H21N5O2. The molecule has 7 nitrogen and oxygen atoms in total. The van der Waals surface area contributed by atoms with E-state index >= 15 is 0 Å². The summed E-state index contributed by atoms with van der Waals surface area (Å²) in [5, 5.41) is 3.30. The summed E-state index contributed by atoms with van der Waals surface area (Å²) in [5.74, 6) is -0.422. The molecule has 0 aliphatic rings. The van der Waals surface area contributed by atoms with Crippen molar-refractivity contribution in [2.75, 3.05) is 0 Å². The first-order chi connectivity index (χ1) is 14.6. The van der Waals surface area contributed by atoms with Crippen molar-refractivity contribution in [1.29, 1.82) is 0 Å². The summed E-state index contributed by atoms with van der Waals surface area (Å²) >= 11 is 0. The molecule has 0 aliphatic heterocycles. The molecule has 0 aliphatic carbocycles. The lowest BCUT2D eigenvalue weighted by molar-refractivity contribution is 0.0949. The van der Waals surface area contributed by atoms with Crippen LogP contribution in [0.25, 0.3) is 22.3 Å². The molecule has 4 heterocycles. The van der Waals surface area contributed by atoms with Crippen molar-refractivity contribution in [2.24, 2.45) is 0 Å². The monoisotopic (exact) mass is 399 g/mol. The van der Waals surface area contributed by atoms with Gasteiger partial charge in [-0.1, -0.05) is 6.07 Å². The molecule has 0 fully saturated rings. The van der Waals surface area contributed by atoms with Gasteiger partial charge in [0.25, 0.3) is 5.91 Å². The maximum absolute atomic E-state index is 12.9. The highest BCUT2D eigenvalue weighted by Crippen LogP contribution is 2.20. The lowest BCUT2D eigenvalue weighted by Crippen LogP contribution is -2.30. The van der Waals surface area contributed by atoms with Gasteiger partial charge < -0.3 is 9.88 Å². The average molecular weight is 399 g/mol. The standard InChI is InChI=1S/C23H21N5O2/c1-3-28-14-19(21(29)18-7-6-15(2)27-22(18)28)23(30)26-13-17-5-4-10-25-20(17)16-8-11-24-12-9-16/h4-12,14H,3,13H2,1-2H3,(H,26,30). The van der Waals surface area contributed by atoms with E-state index in [-0.39, 0.29) is 17.5 Å². The molecule has 4 aromatic rings. The molecule has 150 valence electrons. The van der Waals surface area contributed by atoms with Crippen LogP contribution < -0.4 is 10.7 Å². The maximum atomic E-state index is 12.9. The minimum atomic E-state index is -0.422. The van der Waals surface area contributed by atoms with Gasteiger partial charge in [-0.2, -0.15) is 0 Å². The number of fused-ring (bicyclic) bond motifs is 1. The third kappa shape index (κ3) is 3.69. The highest BCUT2D eigenvalue weighted by molar-refractivity contribution is 5.96. The van der Waals surface area contributed by atoms with Crippen molar-refractivity contribution < 1.29 is 4.79 Å². The Balaban J connectivity index is 1.65. The molecule has 0 aromatic carbocycles. The van der Waals surface area contributed by atoms with Crippen molar-refractivity contribution in [3.05, 3.63) is 88.2 Å². The summed E-state index contributed by atoms with van der Waals surface area (Å²) in [6.45, 7) is 4.67. The van der Waals surface area contributed by atoms with Crippen LogP contribution in [0.15, 0.2) is 66.0 Å². The predicted molar refractivity (Wildman–Crippen MR) is 115 cm³/mol. The first-order valence-corrected chi connectivity index (χ1v) is 9.71. The molecule has 4 aromatic heterocycles. The van der Waals surface area contributed by atoms with Crippen LogP contribution in [0.4, 0.5) is 0 Å². The van der Waals surface area contributed by atoms with Gasteiger partial charge in [-0.25, -0.2) is 4.98 Å². The fraction of sp³-hybridized carbons (Fsp3) is 0.174. The fourth-order valence-electron chi connectivity index (χ4n) is 3.38. The molecule has 7 heteroatoms. The Bertz CT molecular complexity index is 1280. The minimum absolute atomic E-state index is 0.101. The molecule has 0 atom stereocenters. The topological polar surface area (TPSA) is 89.8 Å². The van der Waals surface area contributed by atoms with Gasteiger partial charge in [-0.15, -0.1) is 0 Å². The largest absolute Gasteiger partial charge is 0.348 e. The number of nitrogens with zero attached hydrogens (tertiary/aromatic N) is 4. The molecule has 0 radical (unpaired) electrons. The van der Waals surface area contributed by atoms with Crippen LogP contribution in [0.5, 0.6) is 0 Å². The molecular weight excluding hydrogens is 378 g/mol. The Morgan fingerprint density at radius 1 is 1.10 bits per heavy atom. The van der Waals surface area contributed by atoms with E-state index in [1.807, 2.05) is 42.7 Å². The van der Waals surface area contributed by atoms with Crippen molar-refractivity contribution in [3.63, 3.8) is 0 Å². The van der Waals surface area contributed by atoms with E-state index in [1.165, 1.54) is 0 Å². The third-order valence-electron chi connectivity index (χ3n) is 4.93. The van der Waals surface area contributed by atoms with Gasteiger partial charge in [0.15, 0.2) is 0 Å². The molecule has 0 spiro atoms. The second kappa shape index (κ2) is 8.24. The van der Waals surface area contributed by atoms with Crippen LogP contribution in [0.2, 0.25) is 0 Å². The number of rotatable bonds is 5. The number of aromatic nitrogens is 4. The Kier molecular flexibility index (Phi) is 5.34. The quantitative estimate of drug-likeness (QED) is 0.557. The van der Waals surface area contributed by atoms with Crippen molar-refractivity contribution >= 4 is 16.9 Å². The molecule has 1 N–H and O–H groups in total. The van der Waals surface area contributed by atoms with Gasteiger partial charge in [0, 0.05) is 49.1 Å². The zero-order valence-electron chi connectivity index (χ0n) is 16.8. The van der Waals surface area contributed by atoms with Gasteiger partial charge in [-0.3, -0.25) is 19.6 Å². The first kappa shape index (κ1) is 19.4. The van der Waals surface area contributed by atoms with Crippen LogP contribution in [0.1, 0.15) is 28.5 Å². The summed E-state index contributed by atoms with van der Waals surface area (Å²) in [6, 6.07) is 11.0. The van der Waals surface area contributed by atoms with Gasteiger partial charge in [0.2, 0.25) is 5.43 Å². The number of nitrogens with one attached hydrogen (secondary N) is 1. The van der Waals surface area contributed by atoms with E-state index in [4.69, 9.17) is 0 Å². The zero-order valence-corrected chi connectivity index (χ0v) is 16.8. The number of pyridine rings is 4. The van der Waals surface area contributed by atoms with Crippen molar-refractivity contribution in [3.8, 4) is 11.3 Å². The summed E-state index contributed by atoms with van der Waals surface area (Å²) < 4.78 is 1.82. The molecule has 0 saturated heterocycles. The smallest absolute Gasteiger partial charge is 0.257 e. The number of aryl methyl sites for hydroxylation is 2. The van der Waals surface area contributed by atoms with Gasteiger partial charge in [-0.05, 0) is 49.7 Å². The Hall–Kier alpha value is -3.87. The Morgan fingerprint density at radius 2 is 1.90 bits per heavy atom. The number of amides is 1. The lowest BCUT2D eigenvalue weighted by Gasteiger charge is -2.13. The summed E-state index contributed by atoms with van der Waals surface area (Å²) in [7, 11) is 0. The first-order valence-electron chi connectivity index (χ1n) is 9.71. The van der Waals surface area contributed by atoms with Gasteiger partial charge >= 0.3 is 0 Å². The normalized spacial score (nSPS) is 10.9. The average Bonchev–Trinajstić information content (AvgIpc) is 2.78. The number of hydrogen-bond donors (Lipinski definition) is 1. The van der Waals surface area contributed by atoms with E-state index in [1.54, 1.807) is 36.9 Å². The molecule has 30 heavy (non-hydrogen) atoms. The number of hydrogen-bond acceptors (Lipinski definition) is 5. The SMILES string of the molecule is CCn1cc(C(=O)NCc2cccnc2-c2ccncc2)c(=O)c2ccc(C)nc21. The molecule has 0 bridgehead atoms. The van der Waals surface area contributed by atoms with Crippen LogP contribution in [0.3, 0.4) is 0 Å². The van der Waals surface area contributed by atoms with Crippen LogP contribution in [-0.4, -0.2) is 25.4 Å². The maximum Gasteiger partial charge on any atom is 0.257 e. The Labute approximate surface area is 173 Å². The van der Waals surface area contributed by atoms with E-state index in [0.29, 0.717) is 17.6 Å². The van der Waals surface area contributed by atoms with E-state index in [2.05, 4.69) is 20.3 Å². The fourth-order valence-corrected chi connectivity index (χ4v) is 3.38. The summed E-state index contributed by atoms with van der Waals surface area (Å²) in [5.41, 5.74) is 3.73. The third-order valence-corrected chi connectivity index (χ3v) is 4.93. The number of carbonyl (C=O) groups is 1. The summed E-state index contributed by atoms with van der Waals surface area (Å²) in [4.78, 5) is 38.7. The predicted octanol–water partition coefficient (Wildman–Crippen LogP) is 3.11. The van der Waals surface area contributed by atoms with Gasteiger partial charge in [0.05, 0.1) is 11.1 Å². The van der Waals surface area contributed by atoms with Crippen LogP contribution in [0, 0.1) is 6.92 Å². The molecule has 0 unspecified atom stereocenters. The molecule has 1 amide bonds. The molecule has 0 saturated carbocycles.